The van der Waals surface area contributed by atoms with Crippen LogP contribution in [0.15, 0.2) is 110 Å². The third-order valence-corrected chi connectivity index (χ3v) is 8.48. The molecule has 2 amide bonds. The van der Waals surface area contributed by atoms with Crippen molar-refractivity contribution in [1.82, 2.24) is 29.3 Å². The lowest BCUT2D eigenvalue weighted by Gasteiger charge is -2.37. The summed E-state index contributed by atoms with van der Waals surface area (Å²) in [4.78, 5) is 45.2. The number of hydrogen-bond acceptors (Lipinski definition) is 5. The highest BCUT2D eigenvalue weighted by atomic mass is 16.2. The fraction of sp³-hybridized carbons (Fsp3) is 0.216. The first kappa shape index (κ1) is 29.7. The van der Waals surface area contributed by atoms with Gasteiger partial charge in [0.15, 0.2) is 0 Å². The molecule has 3 aromatic carbocycles. The summed E-state index contributed by atoms with van der Waals surface area (Å²) < 4.78 is 1.93. The molecule has 0 fully saturated rings. The average Bonchev–Trinajstić information content (AvgIpc) is 3.41. The van der Waals surface area contributed by atoms with Crippen LogP contribution in [0.3, 0.4) is 0 Å². The van der Waals surface area contributed by atoms with Crippen molar-refractivity contribution in [3.8, 4) is 11.3 Å². The van der Waals surface area contributed by atoms with E-state index in [0.717, 1.165) is 45.9 Å². The van der Waals surface area contributed by atoms with Crippen LogP contribution >= 0.6 is 0 Å². The zero-order valence-electron chi connectivity index (χ0n) is 25.6. The molecule has 0 bridgehead atoms. The number of carbonyl (C=O) groups is 2. The number of nitrogens with zero attached hydrogens (tertiary/aromatic N) is 6. The van der Waals surface area contributed by atoms with Crippen LogP contribution in [0.4, 0.5) is 0 Å². The van der Waals surface area contributed by atoms with Crippen LogP contribution in [0.5, 0.6) is 0 Å². The van der Waals surface area contributed by atoms with Gasteiger partial charge in [-0.05, 0) is 41.7 Å². The Kier molecular flexibility index (Phi) is 8.91. The van der Waals surface area contributed by atoms with Crippen molar-refractivity contribution in [3.63, 3.8) is 0 Å². The Hall–Kier alpha value is -5.37. The van der Waals surface area contributed by atoms with Crippen molar-refractivity contribution in [1.29, 1.82) is 0 Å². The van der Waals surface area contributed by atoms with Crippen LogP contribution < -0.4 is 0 Å². The van der Waals surface area contributed by atoms with Gasteiger partial charge < -0.3 is 14.4 Å². The quantitative estimate of drug-likeness (QED) is 0.212. The van der Waals surface area contributed by atoms with Crippen LogP contribution in [0.25, 0.3) is 17.3 Å². The number of aromatic nitrogens is 4. The Morgan fingerprint density at radius 2 is 1.64 bits per heavy atom. The van der Waals surface area contributed by atoms with Gasteiger partial charge in [-0.15, -0.1) is 0 Å². The van der Waals surface area contributed by atoms with E-state index in [1.54, 1.807) is 41.8 Å². The summed E-state index contributed by atoms with van der Waals surface area (Å²) in [6.07, 6.45) is 11.3. The summed E-state index contributed by atoms with van der Waals surface area (Å²) in [5.74, 6) is 0.561. The SMILES string of the molecule is Cc1ncc(C=CC(=O)N(Cc2ccc(-c3cnccn3)cc2)[C@@H](Cc2ccccc2)C(=O)N2CCc3ccccc3C2)n1C. The van der Waals surface area contributed by atoms with Crippen LogP contribution in [-0.4, -0.2) is 53.7 Å². The zero-order chi connectivity index (χ0) is 31.2. The van der Waals surface area contributed by atoms with Gasteiger partial charge in [0.1, 0.15) is 11.9 Å². The van der Waals surface area contributed by atoms with E-state index in [-0.39, 0.29) is 18.4 Å². The maximum absolute atomic E-state index is 14.5. The van der Waals surface area contributed by atoms with Crippen LogP contribution in [0.1, 0.15) is 33.8 Å². The second-order valence-electron chi connectivity index (χ2n) is 11.4. The van der Waals surface area contributed by atoms with Gasteiger partial charge >= 0.3 is 0 Å². The minimum Gasteiger partial charge on any atom is -0.336 e. The minimum absolute atomic E-state index is 0.0531. The Balaban J connectivity index is 1.35. The molecule has 2 aromatic heterocycles. The van der Waals surface area contributed by atoms with Gasteiger partial charge in [-0.2, -0.15) is 0 Å². The van der Waals surface area contributed by atoms with Crippen molar-refractivity contribution < 1.29 is 9.59 Å². The molecule has 3 heterocycles. The molecule has 1 atom stereocenters. The van der Waals surface area contributed by atoms with E-state index in [2.05, 4.69) is 27.1 Å². The second-order valence-corrected chi connectivity index (χ2v) is 11.4. The van der Waals surface area contributed by atoms with Crippen molar-refractivity contribution in [2.24, 2.45) is 7.05 Å². The summed E-state index contributed by atoms with van der Waals surface area (Å²) >= 11 is 0. The number of fused-ring (bicyclic) bond motifs is 1. The highest BCUT2D eigenvalue weighted by molar-refractivity contribution is 5.95. The van der Waals surface area contributed by atoms with E-state index in [9.17, 15) is 9.59 Å². The smallest absolute Gasteiger partial charge is 0.247 e. The van der Waals surface area contributed by atoms with E-state index in [1.165, 1.54) is 5.56 Å². The maximum Gasteiger partial charge on any atom is 0.247 e. The summed E-state index contributed by atoms with van der Waals surface area (Å²) in [5, 5.41) is 0. The first-order chi connectivity index (χ1) is 22.0. The highest BCUT2D eigenvalue weighted by Gasteiger charge is 2.34. The van der Waals surface area contributed by atoms with Gasteiger partial charge in [0.2, 0.25) is 11.8 Å². The molecule has 0 N–H and O–H groups in total. The number of aryl methyl sites for hydroxylation is 1. The minimum atomic E-state index is -0.706. The molecule has 1 aliphatic rings. The molecular formula is C37H36N6O2. The van der Waals surface area contributed by atoms with E-state index in [4.69, 9.17) is 0 Å². The number of amides is 2. The van der Waals surface area contributed by atoms with Crippen molar-refractivity contribution in [3.05, 3.63) is 143 Å². The van der Waals surface area contributed by atoms with Gasteiger partial charge in [0.25, 0.3) is 0 Å². The Bertz CT molecular complexity index is 1800. The molecule has 6 rings (SSSR count). The Morgan fingerprint density at radius 3 is 2.36 bits per heavy atom. The third-order valence-electron chi connectivity index (χ3n) is 8.48. The first-order valence-corrected chi connectivity index (χ1v) is 15.2. The lowest BCUT2D eigenvalue weighted by molar-refractivity contribution is -0.144. The molecule has 0 unspecified atom stereocenters. The molecule has 0 saturated carbocycles. The molecule has 226 valence electrons. The van der Waals surface area contributed by atoms with Crippen LogP contribution in [0, 0.1) is 6.92 Å². The maximum atomic E-state index is 14.5. The van der Waals surface area contributed by atoms with Crippen molar-refractivity contribution in [2.75, 3.05) is 6.54 Å². The summed E-state index contributed by atoms with van der Waals surface area (Å²) in [6.45, 7) is 3.32. The molecule has 0 aliphatic carbocycles. The number of hydrogen-bond donors (Lipinski definition) is 0. The lowest BCUT2D eigenvalue weighted by atomic mass is 9.97. The highest BCUT2D eigenvalue weighted by Crippen LogP contribution is 2.24. The van der Waals surface area contributed by atoms with Crippen LogP contribution in [-0.2, 0) is 42.6 Å². The molecule has 0 spiro atoms. The predicted molar refractivity (Wildman–Crippen MR) is 174 cm³/mol. The van der Waals surface area contributed by atoms with Gasteiger partial charge in [-0.1, -0.05) is 78.9 Å². The summed E-state index contributed by atoms with van der Waals surface area (Å²) in [6, 6.07) is 25.4. The number of benzene rings is 3. The van der Waals surface area contributed by atoms with Gasteiger partial charge in [0, 0.05) is 57.1 Å². The summed E-state index contributed by atoms with van der Waals surface area (Å²) in [5.41, 5.74) is 6.85. The van der Waals surface area contributed by atoms with Crippen LogP contribution in [0.2, 0.25) is 0 Å². The fourth-order valence-electron chi connectivity index (χ4n) is 5.76. The molecule has 8 heteroatoms. The van der Waals surface area contributed by atoms with Crippen molar-refractivity contribution >= 4 is 17.9 Å². The molecule has 0 radical (unpaired) electrons. The van der Waals surface area contributed by atoms with Gasteiger partial charge in [-0.3, -0.25) is 19.6 Å². The molecule has 8 nitrogen and oxygen atoms in total. The van der Waals surface area contributed by atoms with E-state index in [1.807, 2.05) is 90.2 Å². The average molecular weight is 597 g/mol. The number of imidazole rings is 1. The molecule has 0 saturated heterocycles. The number of rotatable bonds is 9. The van der Waals surface area contributed by atoms with E-state index >= 15 is 0 Å². The first-order valence-electron chi connectivity index (χ1n) is 15.2. The van der Waals surface area contributed by atoms with Gasteiger partial charge in [-0.25, -0.2) is 4.98 Å². The molecule has 1 aliphatic heterocycles. The Morgan fingerprint density at radius 1 is 0.889 bits per heavy atom. The monoisotopic (exact) mass is 596 g/mol. The predicted octanol–water partition coefficient (Wildman–Crippen LogP) is 5.42. The largest absolute Gasteiger partial charge is 0.336 e. The third kappa shape index (κ3) is 6.91. The van der Waals surface area contributed by atoms with E-state index < -0.39 is 6.04 Å². The standard InChI is InChI=1S/C37H36N6O2/c1-27-40-23-33(41(27)2)16-17-36(44)43(25-29-12-14-31(15-13-29)34-24-38-19-20-39-34)35(22-28-8-4-3-5-9-28)37(45)42-21-18-30-10-6-7-11-32(30)26-42/h3-17,19-20,23-24,35H,18,21-22,25-26H2,1-2H3/t35-/m0/s1. The number of carbonyl (C=O) groups excluding carboxylic acids is 2. The van der Waals surface area contributed by atoms with E-state index in [0.29, 0.717) is 19.5 Å². The normalized spacial score (nSPS) is 13.4. The van der Waals surface area contributed by atoms with Crippen molar-refractivity contribution in [2.45, 2.75) is 38.9 Å². The molecular weight excluding hydrogens is 560 g/mol. The fourth-order valence-corrected chi connectivity index (χ4v) is 5.76. The van der Waals surface area contributed by atoms with Gasteiger partial charge in [0.05, 0.1) is 23.8 Å². The zero-order valence-corrected chi connectivity index (χ0v) is 25.6. The molecule has 5 aromatic rings. The molecule has 45 heavy (non-hydrogen) atoms. The second kappa shape index (κ2) is 13.5. The lowest BCUT2D eigenvalue weighted by Crippen LogP contribution is -2.52. The Labute approximate surface area is 263 Å². The summed E-state index contributed by atoms with van der Waals surface area (Å²) in [7, 11) is 1.92. The topological polar surface area (TPSA) is 84.2 Å².